The Morgan fingerprint density at radius 3 is 2.83 bits per heavy atom. The van der Waals surface area contributed by atoms with Gasteiger partial charge in [-0.25, -0.2) is 0 Å². The SMILES string of the molecule is O=C1CC(C(=O)NCCCN2CCNCC2)CN1. The molecule has 0 aromatic rings. The van der Waals surface area contributed by atoms with Gasteiger partial charge in [0.1, 0.15) is 0 Å². The molecule has 2 rings (SSSR count). The normalized spacial score (nSPS) is 24.9. The van der Waals surface area contributed by atoms with Crippen molar-refractivity contribution in [1.29, 1.82) is 0 Å². The Balaban J connectivity index is 1.54. The Kier molecular flexibility index (Phi) is 4.95. The molecule has 2 aliphatic heterocycles. The van der Waals surface area contributed by atoms with Crippen LogP contribution in [0.5, 0.6) is 0 Å². The van der Waals surface area contributed by atoms with Crippen molar-refractivity contribution in [3.8, 4) is 0 Å². The van der Waals surface area contributed by atoms with E-state index in [1.54, 1.807) is 0 Å². The summed E-state index contributed by atoms with van der Waals surface area (Å²) in [6.07, 6.45) is 1.31. The molecule has 2 aliphatic rings. The second-order valence-electron chi connectivity index (χ2n) is 4.94. The van der Waals surface area contributed by atoms with Gasteiger partial charge in [-0.05, 0) is 13.0 Å². The van der Waals surface area contributed by atoms with Gasteiger partial charge >= 0.3 is 0 Å². The number of carbonyl (C=O) groups is 2. The predicted molar refractivity (Wildman–Crippen MR) is 68.1 cm³/mol. The van der Waals surface area contributed by atoms with Crippen LogP contribution in [0, 0.1) is 5.92 Å². The van der Waals surface area contributed by atoms with Crippen LogP contribution in [-0.2, 0) is 9.59 Å². The number of hydrogen-bond acceptors (Lipinski definition) is 4. The molecule has 3 N–H and O–H groups in total. The van der Waals surface area contributed by atoms with Crippen molar-refractivity contribution in [2.75, 3.05) is 45.8 Å². The highest BCUT2D eigenvalue weighted by molar-refractivity contribution is 5.89. The van der Waals surface area contributed by atoms with Gasteiger partial charge in [-0.15, -0.1) is 0 Å². The van der Waals surface area contributed by atoms with Crippen molar-refractivity contribution < 1.29 is 9.59 Å². The van der Waals surface area contributed by atoms with E-state index in [9.17, 15) is 9.59 Å². The van der Waals surface area contributed by atoms with Gasteiger partial charge in [-0.1, -0.05) is 0 Å². The van der Waals surface area contributed by atoms with Gasteiger partial charge in [0.15, 0.2) is 0 Å². The van der Waals surface area contributed by atoms with Crippen LogP contribution < -0.4 is 16.0 Å². The Labute approximate surface area is 107 Å². The van der Waals surface area contributed by atoms with Crippen LogP contribution >= 0.6 is 0 Å². The third-order valence-corrected chi connectivity index (χ3v) is 3.51. The number of nitrogens with zero attached hydrogens (tertiary/aromatic N) is 1. The molecule has 0 saturated carbocycles. The lowest BCUT2D eigenvalue weighted by Crippen LogP contribution is -2.44. The summed E-state index contributed by atoms with van der Waals surface area (Å²) in [4.78, 5) is 25.1. The molecule has 0 spiro atoms. The van der Waals surface area contributed by atoms with Crippen molar-refractivity contribution in [1.82, 2.24) is 20.9 Å². The third-order valence-electron chi connectivity index (χ3n) is 3.51. The molecule has 0 aromatic carbocycles. The Bertz CT molecular complexity index is 302. The van der Waals surface area contributed by atoms with E-state index in [2.05, 4.69) is 20.9 Å². The summed E-state index contributed by atoms with van der Waals surface area (Å²) in [5.41, 5.74) is 0. The van der Waals surface area contributed by atoms with Crippen molar-refractivity contribution in [2.45, 2.75) is 12.8 Å². The monoisotopic (exact) mass is 254 g/mol. The van der Waals surface area contributed by atoms with Crippen LogP contribution in [0.3, 0.4) is 0 Å². The molecule has 18 heavy (non-hydrogen) atoms. The smallest absolute Gasteiger partial charge is 0.225 e. The number of piperazine rings is 1. The van der Waals surface area contributed by atoms with Gasteiger partial charge in [0, 0.05) is 45.7 Å². The standard InChI is InChI=1S/C12H22N4O2/c17-11-8-10(9-15-11)12(18)14-2-1-5-16-6-3-13-4-7-16/h10,13H,1-9H2,(H,14,18)(H,15,17). The number of nitrogens with one attached hydrogen (secondary N) is 3. The summed E-state index contributed by atoms with van der Waals surface area (Å²) in [5, 5.41) is 8.90. The highest BCUT2D eigenvalue weighted by atomic mass is 16.2. The molecule has 102 valence electrons. The first-order valence-electron chi connectivity index (χ1n) is 6.73. The van der Waals surface area contributed by atoms with Crippen molar-refractivity contribution in [3.05, 3.63) is 0 Å². The molecule has 2 amide bonds. The summed E-state index contributed by atoms with van der Waals surface area (Å²) in [6, 6.07) is 0. The zero-order chi connectivity index (χ0) is 12.8. The maximum Gasteiger partial charge on any atom is 0.225 e. The highest BCUT2D eigenvalue weighted by Gasteiger charge is 2.27. The fourth-order valence-corrected chi connectivity index (χ4v) is 2.38. The minimum Gasteiger partial charge on any atom is -0.356 e. The molecular weight excluding hydrogens is 232 g/mol. The summed E-state index contributed by atoms with van der Waals surface area (Å²) in [5.74, 6) is -0.179. The van der Waals surface area contributed by atoms with Crippen LogP contribution in [0.4, 0.5) is 0 Å². The first kappa shape index (κ1) is 13.3. The Morgan fingerprint density at radius 1 is 1.39 bits per heavy atom. The van der Waals surface area contributed by atoms with Crippen LogP contribution in [0.25, 0.3) is 0 Å². The lowest BCUT2D eigenvalue weighted by molar-refractivity contribution is -0.126. The van der Waals surface area contributed by atoms with Crippen molar-refractivity contribution in [3.63, 3.8) is 0 Å². The summed E-state index contributed by atoms with van der Waals surface area (Å²) in [6.45, 7) is 6.52. The molecular formula is C12H22N4O2. The zero-order valence-corrected chi connectivity index (χ0v) is 10.7. The van der Waals surface area contributed by atoms with E-state index in [-0.39, 0.29) is 17.7 Å². The lowest BCUT2D eigenvalue weighted by Gasteiger charge is -2.27. The van der Waals surface area contributed by atoms with Crippen LogP contribution in [0.1, 0.15) is 12.8 Å². The van der Waals surface area contributed by atoms with Crippen LogP contribution in [0.15, 0.2) is 0 Å². The number of amides is 2. The lowest BCUT2D eigenvalue weighted by atomic mass is 10.1. The molecule has 6 heteroatoms. The quantitative estimate of drug-likeness (QED) is 0.524. The van der Waals surface area contributed by atoms with Gasteiger partial charge in [0.2, 0.25) is 11.8 Å². The number of carbonyl (C=O) groups excluding carboxylic acids is 2. The van der Waals surface area contributed by atoms with E-state index in [0.717, 1.165) is 39.1 Å². The third kappa shape index (κ3) is 3.96. The highest BCUT2D eigenvalue weighted by Crippen LogP contribution is 2.08. The minimum atomic E-state index is -0.170. The predicted octanol–water partition coefficient (Wildman–Crippen LogP) is -1.47. The Morgan fingerprint density at radius 2 is 2.17 bits per heavy atom. The summed E-state index contributed by atoms with van der Waals surface area (Å²) in [7, 11) is 0. The van der Waals surface area contributed by atoms with Gasteiger partial charge in [0.25, 0.3) is 0 Å². The molecule has 0 radical (unpaired) electrons. The average Bonchev–Trinajstić information content (AvgIpc) is 2.82. The molecule has 2 heterocycles. The second kappa shape index (κ2) is 6.70. The summed E-state index contributed by atoms with van der Waals surface area (Å²) >= 11 is 0. The second-order valence-corrected chi connectivity index (χ2v) is 4.94. The van der Waals surface area contributed by atoms with E-state index >= 15 is 0 Å². The van der Waals surface area contributed by atoms with Gasteiger partial charge in [-0.3, -0.25) is 9.59 Å². The Hall–Kier alpha value is -1.14. The van der Waals surface area contributed by atoms with Crippen molar-refractivity contribution >= 4 is 11.8 Å². The van der Waals surface area contributed by atoms with Gasteiger partial charge in [-0.2, -0.15) is 0 Å². The topological polar surface area (TPSA) is 73.5 Å². The number of hydrogen-bond donors (Lipinski definition) is 3. The molecule has 1 atom stereocenters. The maximum atomic E-state index is 11.7. The first-order chi connectivity index (χ1) is 8.75. The van der Waals surface area contributed by atoms with Crippen LogP contribution in [-0.4, -0.2) is 62.5 Å². The molecule has 0 aliphatic carbocycles. The molecule has 6 nitrogen and oxygen atoms in total. The van der Waals surface area contributed by atoms with Crippen molar-refractivity contribution in [2.24, 2.45) is 5.92 Å². The van der Waals surface area contributed by atoms with E-state index in [0.29, 0.717) is 19.5 Å². The zero-order valence-electron chi connectivity index (χ0n) is 10.7. The molecule has 1 unspecified atom stereocenters. The van der Waals surface area contributed by atoms with E-state index in [1.807, 2.05) is 0 Å². The fourth-order valence-electron chi connectivity index (χ4n) is 2.38. The number of rotatable bonds is 5. The first-order valence-corrected chi connectivity index (χ1v) is 6.73. The summed E-state index contributed by atoms with van der Waals surface area (Å²) < 4.78 is 0. The fraction of sp³-hybridized carbons (Fsp3) is 0.833. The molecule has 0 bridgehead atoms. The molecule has 2 fully saturated rings. The van der Waals surface area contributed by atoms with E-state index in [1.165, 1.54) is 0 Å². The van der Waals surface area contributed by atoms with E-state index < -0.39 is 0 Å². The largest absolute Gasteiger partial charge is 0.356 e. The van der Waals surface area contributed by atoms with Gasteiger partial charge in [0.05, 0.1) is 5.92 Å². The minimum absolute atomic E-state index is 0.00802. The van der Waals surface area contributed by atoms with E-state index in [4.69, 9.17) is 0 Å². The average molecular weight is 254 g/mol. The molecule has 0 aromatic heterocycles. The maximum absolute atomic E-state index is 11.7. The van der Waals surface area contributed by atoms with Gasteiger partial charge < -0.3 is 20.9 Å². The molecule has 2 saturated heterocycles. The van der Waals surface area contributed by atoms with Crippen LogP contribution in [0.2, 0.25) is 0 Å².